The lowest BCUT2D eigenvalue weighted by Gasteiger charge is -2.70. The van der Waals surface area contributed by atoms with Crippen molar-refractivity contribution in [2.75, 3.05) is 6.61 Å². The van der Waals surface area contributed by atoms with Gasteiger partial charge in [-0.25, -0.2) is 4.79 Å². The second-order valence-electron chi connectivity index (χ2n) is 32.8. The third-order valence-electron chi connectivity index (χ3n) is 28.2. The van der Waals surface area contributed by atoms with Crippen molar-refractivity contribution in [1.29, 1.82) is 0 Å². The van der Waals surface area contributed by atoms with Crippen LogP contribution >= 0.6 is 0 Å². The van der Waals surface area contributed by atoms with Gasteiger partial charge in [-0.15, -0.1) is 0 Å². The lowest BCUT2D eigenvalue weighted by atomic mass is 9.36. The highest BCUT2D eigenvalue weighted by molar-refractivity contribution is 5.93. The average molecular weight is 1180 g/mol. The van der Waals surface area contributed by atoms with Crippen molar-refractivity contribution in [3.05, 3.63) is 130 Å². The molecule has 19 atom stereocenters. The Morgan fingerprint density at radius 3 is 2.34 bits per heavy atom. The fraction of sp³-hybridized carbons (Fsp3) is 0.675. The number of hydrogen-bond acceptors (Lipinski definition) is 7. The van der Waals surface area contributed by atoms with E-state index in [0.717, 1.165) is 68.8 Å². The van der Waals surface area contributed by atoms with Gasteiger partial charge in [-0.05, 0) is 260 Å². The first-order valence-corrected chi connectivity index (χ1v) is 35.6. The van der Waals surface area contributed by atoms with Crippen LogP contribution in [-0.2, 0) is 30.9 Å². The molecule has 1 heterocycles. The average Bonchev–Trinajstić information content (AvgIpc) is 1.62. The van der Waals surface area contributed by atoms with Gasteiger partial charge in [0, 0.05) is 24.3 Å². The van der Waals surface area contributed by atoms with E-state index in [9.17, 15) is 24.9 Å². The summed E-state index contributed by atoms with van der Waals surface area (Å²) in [5.41, 5.74) is 6.17. The summed E-state index contributed by atoms with van der Waals surface area (Å²) in [4.78, 5) is 26.4. The van der Waals surface area contributed by atoms with Crippen molar-refractivity contribution in [2.45, 2.75) is 262 Å². The summed E-state index contributed by atoms with van der Waals surface area (Å²) in [7, 11) is 0. The summed E-state index contributed by atoms with van der Waals surface area (Å²) in [6, 6.07) is 35.3. The molecule has 14 rings (SSSR count). The second-order valence-corrected chi connectivity index (χ2v) is 32.8. The summed E-state index contributed by atoms with van der Waals surface area (Å²) >= 11 is 0. The molecule has 87 heavy (non-hydrogen) atoms. The topological polar surface area (TPSA) is 113 Å². The summed E-state index contributed by atoms with van der Waals surface area (Å²) in [5.74, 6) is 2.33. The Balaban J connectivity index is 0.884. The van der Waals surface area contributed by atoms with E-state index in [0.29, 0.717) is 60.7 Å². The van der Waals surface area contributed by atoms with Crippen LogP contribution in [0.5, 0.6) is 0 Å². The minimum atomic E-state index is -1.55. The highest BCUT2D eigenvalue weighted by atomic mass is 16.5. The van der Waals surface area contributed by atoms with E-state index in [4.69, 9.17) is 9.47 Å². The Kier molecular flexibility index (Phi) is 15.8. The standard InChI is InChI=1S/C80H106O7/c1-51(2)26-28-56-32-38-75(46-56)41-42-76(49-75)50-78-39-34-60(45-64(78)61-24-16-21-58-29-30-62-63-25-13-14-36-77(63,59-22-11-8-12-23-59)47-65(76)72(78)71(62)70(58)61)74(6)37-35-68(83)80(67(82)31-27-52(3)17-15-20-55-18-9-7-10-19-55)73(74)66(87-54(5)81)43-53(4)79(80,85)40-33-57-44-69(84)86-48-57/h7-12,16,18-19,21-24,29-30,44,51-53,56,60,63-68,72-73,82-83,85H,13-15,17,20,25-28,31-43,45-50H2,1-6H3/t52-,53-,56+,60+,63-,64-,65+,66-,67-,68+,72+,73+,74+,75-,76-,77-,78-,79-,80+/m1/s1. The van der Waals surface area contributed by atoms with Crippen LogP contribution in [0.1, 0.15) is 254 Å². The Labute approximate surface area is 522 Å². The van der Waals surface area contributed by atoms with Gasteiger partial charge in [0.1, 0.15) is 12.7 Å². The van der Waals surface area contributed by atoms with E-state index < -0.39 is 46.6 Å². The Bertz CT molecular complexity index is 3220. The summed E-state index contributed by atoms with van der Waals surface area (Å²) in [6.45, 7) is 13.4. The third-order valence-corrected chi connectivity index (χ3v) is 28.2. The van der Waals surface area contributed by atoms with Gasteiger partial charge in [-0.3, -0.25) is 4.79 Å². The van der Waals surface area contributed by atoms with E-state index in [1.165, 1.54) is 108 Å². The monoisotopic (exact) mass is 1180 g/mol. The van der Waals surface area contributed by atoms with E-state index in [-0.39, 0.29) is 47.1 Å². The second kappa shape index (κ2) is 22.8. The minimum absolute atomic E-state index is 0.0779. The zero-order chi connectivity index (χ0) is 60.3. The first-order valence-electron chi connectivity index (χ1n) is 35.6. The number of carbonyl (C=O) groups is 2. The molecule has 9 aliphatic carbocycles. The maximum atomic E-state index is 14.3. The molecule has 0 amide bonds. The molecule has 7 heteroatoms. The molecule has 0 aromatic heterocycles. The van der Waals surface area contributed by atoms with Gasteiger partial charge in [0.15, 0.2) is 0 Å². The summed E-state index contributed by atoms with van der Waals surface area (Å²) in [5, 5.41) is 44.5. The molecule has 4 aromatic carbocycles. The smallest absolute Gasteiger partial charge is 0.331 e. The number of carbonyl (C=O) groups excluding carboxylic acids is 2. The maximum Gasteiger partial charge on any atom is 0.331 e. The van der Waals surface area contributed by atoms with Crippen LogP contribution in [0.4, 0.5) is 0 Å². The number of hydrogen-bond donors (Lipinski definition) is 3. The van der Waals surface area contributed by atoms with Crippen LogP contribution < -0.4 is 0 Å². The van der Waals surface area contributed by atoms with E-state index in [1.807, 2.05) is 0 Å². The fourth-order valence-electron chi connectivity index (χ4n) is 24.7. The van der Waals surface area contributed by atoms with Crippen molar-refractivity contribution in [3.63, 3.8) is 0 Å². The molecule has 4 aromatic rings. The molecule has 7 fully saturated rings. The number of cyclic esters (lactones) is 1. The number of benzene rings is 4. The number of esters is 2. The summed E-state index contributed by atoms with van der Waals surface area (Å²) < 4.78 is 12.2. The van der Waals surface area contributed by atoms with Gasteiger partial charge in [0.2, 0.25) is 0 Å². The van der Waals surface area contributed by atoms with Gasteiger partial charge in [0.25, 0.3) is 0 Å². The number of aliphatic hydroxyl groups excluding tert-OH is 2. The zero-order valence-electron chi connectivity index (χ0n) is 54.0. The number of aryl methyl sites for hydroxylation is 1. The molecule has 7 saturated carbocycles. The molecular weight excluding hydrogens is 1070 g/mol. The highest BCUT2D eigenvalue weighted by Gasteiger charge is 2.77. The lowest BCUT2D eigenvalue weighted by Crippen LogP contribution is -2.77. The van der Waals surface area contributed by atoms with Crippen molar-refractivity contribution >= 4 is 22.7 Å². The molecule has 10 aliphatic rings. The molecule has 1 aliphatic heterocycles. The Morgan fingerprint density at radius 2 is 1.57 bits per heavy atom. The van der Waals surface area contributed by atoms with E-state index in [2.05, 4.69) is 126 Å². The van der Waals surface area contributed by atoms with Crippen molar-refractivity contribution < 1.29 is 34.4 Å². The molecule has 3 spiro atoms. The zero-order valence-corrected chi connectivity index (χ0v) is 54.0. The largest absolute Gasteiger partial charge is 0.462 e. The molecule has 0 radical (unpaired) electrons. The molecule has 0 unspecified atom stereocenters. The van der Waals surface area contributed by atoms with Gasteiger partial charge in [-0.2, -0.15) is 0 Å². The number of fused-ring (bicyclic) bond motifs is 5. The number of aliphatic hydroxyl groups is 3. The predicted octanol–water partition coefficient (Wildman–Crippen LogP) is 17.7. The van der Waals surface area contributed by atoms with Crippen LogP contribution in [0.3, 0.4) is 0 Å². The maximum absolute atomic E-state index is 14.3. The van der Waals surface area contributed by atoms with Gasteiger partial charge in [-0.1, -0.05) is 158 Å². The van der Waals surface area contributed by atoms with Crippen LogP contribution in [0.25, 0.3) is 10.8 Å². The van der Waals surface area contributed by atoms with E-state index in [1.54, 1.807) is 33.7 Å². The minimum Gasteiger partial charge on any atom is -0.462 e. The lowest BCUT2D eigenvalue weighted by molar-refractivity contribution is -0.327. The summed E-state index contributed by atoms with van der Waals surface area (Å²) in [6.07, 6.45) is 27.4. The Hall–Kier alpha value is -4.30. The van der Waals surface area contributed by atoms with Crippen molar-refractivity contribution in [1.82, 2.24) is 0 Å². The van der Waals surface area contributed by atoms with Crippen molar-refractivity contribution in [2.24, 2.45) is 68.5 Å². The first-order chi connectivity index (χ1) is 41.9. The number of ether oxygens (including phenoxy) is 2. The van der Waals surface area contributed by atoms with Crippen LogP contribution in [0.2, 0.25) is 0 Å². The fourth-order valence-corrected chi connectivity index (χ4v) is 24.7. The normalized spacial score (nSPS) is 40.6. The molecule has 3 N–H and O–H groups in total. The van der Waals surface area contributed by atoms with Crippen LogP contribution in [0.15, 0.2) is 103 Å². The molecule has 7 nitrogen and oxygen atoms in total. The predicted molar refractivity (Wildman–Crippen MR) is 347 cm³/mol. The van der Waals surface area contributed by atoms with Gasteiger partial charge < -0.3 is 24.8 Å². The third kappa shape index (κ3) is 9.67. The van der Waals surface area contributed by atoms with Gasteiger partial charge in [0.05, 0.1) is 23.2 Å². The SMILES string of the molecule is CC(=O)O[C@@H]1C[C@@H](C)[C@](O)(CCC2=CC(=O)OC2)[C@@]2([C@H](O)CC[C@H](C)CCCc3ccccc3)[C@@H](O)CC[C@@](C)([C@H]3CC[C@]45C[C@]6(CC[C@@]7(CC[C@H](CCC(C)C)C7)C6)[C@H]6C[C@@]7(c8ccccc8)CCCC[C@@H]7c7ccc8cccc(c8c7[C@H]64)[C@H]5C3)[C@H]12. The van der Waals surface area contributed by atoms with E-state index >= 15 is 0 Å². The molecule has 0 saturated heterocycles. The quantitative estimate of drug-likeness (QED) is 0.0903. The number of rotatable bonds is 17. The molecule has 468 valence electrons. The Morgan fingerprint density at radius 1 is 0.770 bits per heavy atom. The first kappa shape index (κ1) is 60.3. The van der Waals surface area contributed by atoms with Crippen LogP contribution in [0, 0.1) is 68.5 Å². The van der Waals surface area contributed by atoms with Gasteiger partial charge >= 0.3 is 11.9 Å². The molecule has 0 bridgehead atoms. The molecular formula is C80H106O7. The van der Waals surface area contributed by atoms with Crippen LogP contribution in [-0.4, -0.2) is 57.8 Å². The van der Waals surface area contributed by atoms with Crippen molar-refractivity contribution in [3.8, 4) is 0 Å². The highest BCUT2D eigenvalue weighted by Crippen LogP contribution is 2.83.